The molecule has 21 heavy (non-hydrogen) atoms. The Hall–Kier alpha value is -1.32. The predicted octanol–water partition coefficient (Wildman–Crippen LogP) is -0.250. The second-order valence-corrected chi connectivity index (χ2v) is 6.05. The molecule has 0 unspecified atom stereocenters. The highest BCUT2D eigenvalue weighted by Gasteiger charge is 2.36. The van der Waals surface area contributed by atoms with Crippen molar-refractivity contribution in [3.8, 4) is 0 Å². The Balaban J connectivity index is 1.60. The Labute approximate surface area is 126 Å². The molecule has 8 heteroatoms. The number of aliphatic hydroxyl groups is 2. The summed E-state index contributed by atoms with van der Waals surface area (Å²) in [6.07, 6.45) is 0.980. The zero-order valence-electron chi connectivity index (χ0n) is 11.4. The Morgan fingerprint density at radius 3 is 3.14 bits per heavy atom. The molecule has 114 valence electrons. The van der Waals surface area contributed by atoms with Crippen molar-refractivity contribution in [3.63, 3.8) is 0 Å². The fourth-order valence-electron chi connectivity index (χ4n) is 2.43. The summed E-state index contributed by atoms with van der Waals surface area (Å²) in [7, 11) is 0. The van der Waals surface area contributed by atoms with Gasteiger partial charge in [-0.1, -0.05) is 11.3 Å². The van der Waals surface area contributed by atoms with Crippen LogP contribution in [0, 0.1) is 0 Å². The van der Waals surface area contributed by atoms with Crippen LogP contribution < -0.4 is 5.32 Å². The summed E-state index contributed by atoms with van der Waals surface area (Å²) in [6.45, 7) is 1.38. The first-order valence-electron chi connectivity index (χ1n) is 6.81. The molecule has 0 saturated carbocycles. The lowest BCUT2D eigenvalue weighted by Crippen LogP contribution is -2.44. The lowest BCUT2D eigenvalue weighted by molar-refractivity contribution is 0.0741. The summed E-state index contributed by atoms with van der Waals surface area (Å²) in [6, 6.07) is 3.92. The summed E-state index contributed by atoms with van der Waals surface area (Å²) in [5.74, 6) is 0. The third-order valence-electron chi connectivity index (χ3n) is 3.50. The molecule has 1 aliphatic rings. The smallest absolute Gasteiger partial charge is 0.108 e. The van der Waals surface area contributed by atoms with Crippen LogP contribution in [0.3, 0.4) is 0 Å². The summed E-state index contributed by atoms with van der Waals surface area (Å²) in [5, 5.41) is 32.2. The fraction of sp³-hybridized carbons (Fsp3) is 0.538. The predicted molar refractivity (Wildman–Crippen MR) is 76.6 cm³/mol. The Morgan fingerprint density at radius 1 is 1.52 bits per heavy atom. The minimum Gasteiger partial charge on any atom is -0.390 e. The van der Waals surface area contributed by atoms with E-state index >= 15 is 0 Å². The van der Waals surface area contributed by atoms with E-state index in [1.54, 1.807) is 22.2 Å². The standard InChI is InChI=1S/C13H18N4O3S/c18-7-9-5-17(16-15-9)6-12-13(11(19)8-20-12)14-4-10-2-1-3-21-10/h1-3,5,11-14,18-19H,4,6-8H2/t11-,12+,13+/m0/s1. The largest absolute Gasteiger partial charge is 0.390 e. The zero-order valence-corrected chi connectivity index (χ0v) is 12.2. The second kappa shape index (κ2) is 6.63. The Kier molecular flexibility index (Phi) is 4.61. The average Bonchev–Trinajstić information content (AvgIpc) is 3.20. The van der Waals surface area contributed by atoms with Gasteiger partial charge in [-0.3, -0.25) is 0 Å². The van der Waals surface area contributed by atoms with E-state index in [1.165, 1.54) is 4.88 Å². The van der Waals surface area contributed by atoms with Gasteiger partial charge in [0.15, 0.2) is 0 Å². The lowest BCUT2D eigenvalue weighted by Gasteiger charge is -2.21. The van der Waals surface area contributed by atoms with E-state index in [0.717, 1.165) is 0 Å². The number of nitrogens with zero attached hydrogens (tertiary/aromatic N) is 3. The van der Waals surface area contributed by atoms with Crippen LogP contribution in [-0.4, -0.2) is 50.1 Å². The number of aliphatic hydroxyl groups excluding tert-OH is 2. The molecule has 3 rings (SSSR count). The molecular formula is C13H18N4O3S. The van der Waals surface area contributed by atoms with Gasteiger partial charge in [-0.05, 0) is 11.4 Å². The molecule has 2 aromatic rings. The minimum absolute atomic E-state index is 0.131. The molecule has 3 heterocycles. The summed E-state index contributed by atoms with van der Waals surface area (Å²) < 4.78 is 7.27. The van der Waals surface area contributed by atoms with E-state index < -0.39 is 6.10 Å². The highest BCUT2D eigenvalue weighted by molar-refractivity contribution is 7.09. The van der Waals surface area contributed by atoms with Gasteiger partial charge in [-0.2, -0.15) is 0 Å². The third-order valence-corrected chi connectivity index (χ3v) is 4.38. The first-order valence-corrected chi connectivity index (χ1v) is 7.69. The number of hydrogen-bond donors (Lipinski definition) is 3. The Bertz CT molecular complexity index is 560. The zero-order chi connectivity index (χ0) is 14.7. The van der Waals surface area contributed by atoms with Crippen LogP contribution in [0.25, 0.3) is 0 Å². The van der Waals surface area contributed by atoms with Gasteiger partial charge in [0.2, 0.25) is 0 Å². The van der Waals surface area contributed by atoms with Crippen molar-refractivity contribution in [2.24, 2.45) is 0 Å². The molecule has 0 aromatic carbocycles. The van der Waals surface area contributed by atoms with Crippen LogP contribution in [0.15, 0.2) is 23.7 Å². The van der Waals surface area contributed by atoms with Crippen molar-refractivity contribution in [3.05, 3.63) is 34.3 Å². The lowest BCUT2D eigenvalue weighted by atomic mass is 10.1. The molecule has 0 spiro atoms. The van der Waals surface area contributed by atoms with Crippen LogP contribution in [0.2, 0.25) is 0 Å². The Morgan fingerprint density at radius 2 is 2.43 bits per heavy atom. The van der Waals surface area contributed by atoms with E-state index in [2.05, 4.69) is 21.7 Å². The third kappa shape index (κ3) is 3.47. The van der Waals surface area contributed by atoms with Crippen molar-refractivity contribution in [1.29, 1.82) is 0 Å². The van der Waals surface area contributed by atoms with Gasteiger partial charge in [-0.15, -0.1) is 16.4 Å². The monoisotopic (exact) mass is 310 g/mol. The minimum atomic E-state index is -0.532. The topological polar surface area (TPSA) is 92.4 Å². The molecule has 2 aromatic heterocycles. The van der Waals surface area contributed by atoms with Crippen LogP contribution in [-0.2, 0) is 24.4 Å². The molecule has 0 amide bonds. The van der Waals surface area contributed by atoms with Gasteiger partial charge in [0.05, 0.1) is 44.2 Å². The van der Waals surface area contributed by atoms with E-state index in [0.29, 0.717) is 25.4 Å². The van der Waals surface area contributed by atoms with Gasteiger partial charge < -0.3 is 20.3 Å². The van der Waals surface area contributed by atoms with Gasteiger partial charge in [-0.25, -0.2) is 4.68 Å². The summed E-state index contributed by atoms with van der Waals surface area (Å²) in [5.41, 5.74) is 0.525. The van der Waals surface area contributed by atoms with E-state index in [9.17, 15) is 5.11 Å². The van der Waals surface area contributed by atoms with Crippen molar-refractivity contribution >= 4 is 11.3 Å². The normalized spacial score (nSPS) is 25.5. The number of aromatic nitrogens is 3. The molecule has 0 bridgehead atoms. The highest BCUT2D eigenvalue weighted by atomic mass is 32.1. The molecule has 0 radical (unpaired) electrons. The van der Waals surface area contributed by atoms with Crippen molar-refractivity contribution in [1.82, 2.24) is 20.3 Å². The van der Waals surface area contributed by atoms with E-state index in [4.69, 9.17) is 9.84 Å². The molecule has 3 N–H and O–H groups in total. The van der Waals surface area contributed by atoms with Gasteiger partial charge in [0.1, 0.15) is 5.69 Å². The van der Waals surface area contributed by atoms with E-state index in [-0.39, 0.29) is 18.8 Å². The highest BCUT2D eigenvalue weighted by Crippen LogP contribution is 2.18. The number of nitrogens with one attached hydrogen (secondary N) is 1. The summed E-state index contributed by atoms with van der Waals surface area (Å²) in [4.78, 5) is 1.22. The van der Waals surface area contributed by atoms with Gasteiger partial charge in [0, 0.05) is 11.4 Å². The average molecular weight is 310 g/mol. The SMILES string of the molecule is OCc1cn(C[C@H]2OC[C@H](O)[C@H]2NCc2cccs2)nn1. The van der Waals surface area contributed by atoms with Crippen LogP contribution in [0.1, 0.15) is 10.6 Å². The maximum absolute atomic E-state index is 10.0. The maximum Gasteiger partial charge on any atom is 0.108 e. The molecule has 1 fully saturated rings. The molecule has 0 aliphatic carbocycles. The van der Waals surface area contributed by atoms with Crippen LogP contribution >= 0.6 is 11.3 Å². The molecule has 1 saturated heterocycles. The van der Waals surface area contributed by atoms with Crippen molar-refractivity contribution < 1.29 is 14.9 Å². The maximum atomic E-state index is 10.0. The number of rotatable bonds is 6. The van der Waals surface area contributed by atoms with Gasteiger partial charge in [0.25, 0.3) is 0 Å². The second-order valence-electron chi connectivity index (χ2n) is 5.02. The molecule has 3 atom stereocenters. The molecule has 1 aliphatic heterocycles. The van der Waals surface area contributed by atoms with Crippen LogP contribution in [0.5, 0.6) is 0 Å². The van der Waals surface area contributed by atoms with E-state index in [1.807, 2.05) is 11.4 Å². The quantitative estimate of drug-likeness (QED) is 0.681. The first kappa shape index (κ1) is 14.6. The number of ether oxygens (including phenoxy) is 1. The molecule has 7 nitrogen and oxygen atoms in total. The summed E-state index contributed by atoms with van der Waals surface area (Å²) >= 11 is 1.68. The first-order chi connectivity index (χ1) is 10.3. The van der Waals surface area contributed by atoms with Gasteiger partial charge >= 0.3 is 0 Å². The van der Waals surface area contributed by atoms with Crippen molar-refractivity contribution in [2.45, 2.75) is 37.9 Å². The van der Waals surface area contributed by atoms with Crippen molar-refractivity contribution in [2.75, 3.05) is 6.61 Å². The number of hydrogen-bond acceptors (Lipinski definition) is 7. The molecular weight excluding hydrogens is 292 g/mol. The fourth-order valence-corrected chi connectivity index (χ4v) is 3.08. The number of thiophene rings is 1. The van der Waals surface area contributed by atoms with Crippen LogP contribution in [0.4, 0.5) is 0 Å².